The molecule has 0 radical (unpaired) electrons. The molecule has 2 fully saturated rings. The molecule has 2 saturated carbocycles. The van der Waals surface area contributed by atoms with Crippen molar-refractivity contribution in [2.75, 3.05) is 0 Å². The number of rotatable bonds is 4. The molecule has 1 amide bonds. The second-order valence-corrected chi connectivity index (χ2v) is 7.40. The van der Waals surface area contributed by atoms with Crippen LogP contribution < -0.4 is 10.1 Å². The van der Waals surface area contributed by atoms with Crippen LogP contribution in [0.3, 0.4) is 0 Å². The summed E-state index contributed by atoms with van der Waals surface area (Å²) in [5.74, 6) is 1.70. The van der Waals surface area contributed by atoms with E-state index in [-0.39, 0.29) is 18.2 Å². The zero-order valence-electron chi connectivity index (χ0n) is 13.6. The maximum Gasteiger partial charge on any atom is 0.407 e. The van der Waals surface area contributed by atoms with Crippen LogP contribution in [0.25, 0.3) is 0 Å². The first-order valence-electron chi connectivity index (χ1n) is 8.15. The third-order valence-electron chi connectivity index (χ3n) is 4.05. The van der Waals surface area contributed by atoms with Gasteiger partial charge in [0, 0.05) is 18.9 Å². The van der Waals surface area contributed by atoms with Crippen LogP contribution in [0.2, 0.25) is 0 Å². The van der Waals surface area contributed by atoms with Crippen LogP contribution in [0.5, 0.6) is 5.75 Å². The molecule has 0 aromatic heterocycles. The fourth-order valence-electron chi connectivity index (χ4n) is 2.68. The molecular formula is C18H25NO3. The first kappa shape index (κ1) is 15.2. The Morgan fingerprint density at radius 2 is 1.77 bits per heavy atom. The van der Waals surface area contributed by atoms with Crippen LogP contribution in [0.1, 0.15) is 57.9 Å². The molecule has 2 aliphatic carbocycles. The summed E-state index contributed by atoms with van der Waals surface area (Å²) >= 11 is 0. The van der Waals surface area contributed by atoms with Crippen LogP contribution in [0.4, 0.5) is 4.79 Å². The maximum atomic E-state index is 11.7. The lowest BCUT2D eigenvalue weighted by Crippen LogP contribution is -2.50. The Labute approximate surface area is 132 Å². The van der Waals surface area contributed by atoms with Crippen molar-refractivity contribution in [3.8, 4) is 5.75 Å². The van der Waals surface area contributed by atoms with E-state index in [0.29, 0.717) is 0 Å². The van der Waals surface area contributed by atoms with Crippen molar-refractivity contribution in [3.05, 3.63) is 29.8 Å². The molecule has 0 heterocycles. The Kier molecular flexibility index (Phi) is 4.02. The molecule has 0 atom stereocenters. The number of alkyl carbamates (subject to hydrolysis) is 1. The predicted molar refractivity (Wildman–Crippen MR) is 85.2 cm³/mol. The summed E-state index contributed by atoms with van der Waals surface area (Å²) in [4.78, 5) is 11.7. The van der Waals surface area contributed by atoms with Gasteiger partial charge in [-0.1, -0.05) is 12.1 Å². The van der Waals surface area contributed by atoms with Gasteiger partial charge in [-0.2, -0.15) is 0 Å². The molecule has 2 aliphatic rings. The Bertz CT molecular complexity index is 522. The van der Waals surface area contributed by atoms with E-state index in [2.05, 4.69) is 29.6 Å². The first-order valence-corrected chi connectivity index (χ1v) is 8.15. The second kappa shape index (κ2) is 5.82. The number of carbonyl (C=O) groups excluding carboxylic acids is 1. The molecule has 0 saturated heterocycles. The molecule has 3 rings (SSSR count). The molecule has 0 bridgehead atoms. The number of benzene rings is 1. The van der Waals surface area contributed by atoms with E-state index < -0.39 is 5.60 Å². The SMILES string of the molecule is CC(C)(C)OC(=O)NC1CC(Oc2ccc(C3CC3)cc2)C1. The van der Waals surface area contributed by atoms with Crippen LogP contribution in [-0.4, -0.2) is 23.8 Å². The predicted octanol–water partition coefficient (Wildman–Crippen LogP) is 4.00. The first-order chi connectivity index (χ1) is 10.4. The highest BCUT2D eigenvalue weighted by molar-refractivity contribution is 5.68. The number of carbonyl (C=O) groups is 1. The van der Waals surface area contributed by atoms with Crippen molar-refractivity contribution in [2.24, 2.45) is 0 Å². The van der Waals surface area contributed by atoms with E-state index >= 15 is 0 Å². The molecule has 4 nitrogen and oxygen atoms in total. The summed E-state index contributed by atoms with van der Waals surface area (Å²) in [7, 11) is 0. The van der Waals surface area contributed by atoms with Crippen molar-refractivity contribution in [3.63, 3.8) is 0 Å². The van der Waals surface area contributed by atoms with Gasteiger partial charge in [0.25, 0.3) is 0 Å². The summed E-state index contributed by atoms with van der Waals surface area (Å²) in [6, 6.07) is 8.61. The molecule has 4 heteroatoms. The molecule has 22 heavy (non-hydrogen) atoms. The molecule has 120 valence electrons. The van der Waals surface area contributed by atoms with E-state index in [1.807, 2.05) is 20.8 Å². The van der Waals surface area contributed by atoms with E-state index in [0.717, 1.165) is 24.5 Å². The second-order valence-electron chi connectivity index (χ2n) is 7.40. The Hall–Kier alpha value is -1.71. The van der Waals surface area contributed by atoms with Gasteiger partial charge in [-0.25, -0.2) is 4.79 Å². The van der Waals surface area contributed by atoms with Gasteiger partial charge in [0.2, 0.25) is 0 Å². The van der Waals surface area contributed by atoms with Gasteiger partial charge >= 0.3 is 6.09 Å². The van der Waals surface area contributed by atoms with Crippen LogP contribution >= 0.6 is 0 Å². The van der Waals surface area contributed by atoms with E-state index in [4.69, 9.17) is 9.47 Å². The molecule has 0 spiro atoms. The highest BCUT2D eigenvalue weighted by Crippen LogP contribution is 2.40. The largest absolute Gasteiger partial charge is 0.490 e. The van der Waals surface area contributed by atoms with Crippen molar-refractivity contribution in [2.45, 2.75) is 70.1 Å². The minimum Gasteiger partial charge on any atom is -0.490 e. The third-order valence-corrected chi connectivity index (χ3v) is 4.05. The number of ether oxygens (including phenoxy) is 2. The van der Waals surface area contributed by atoms with E-state index in [1.54, 1.807) is 0 Å². The fourth-order valence-corrected chi connectivity index (χ4v) is 2.68. The lowest BCUT2D eigenvalue weighted by atomic mass is 9.89. The van der Waals surface area contributed by atoms with Crippen molar-refractivity contribution >= 4 is 6.09 Å². The standard InChI is InChI=1S/C18H25NO3/c1-18(2,3)22-17(20)19-14-10-16(11-14)21-15-8-6-13(7-9-15)12-4-5-12/h6-9,12,14,16H,4-5,10-11H2,1-3H3,(H,19,20). The molecule has 0 aliphatic heterocycles. The average molecular weight is 303 g/mol. The topological polar surface area (TPSA) is 47.6 Å². The maximum absolute atomic E-state index is 11.7. The zero-order chi connectivity index (χ0) is 15.7. The number of nitrogens with one attached hydrogen (secondary N) is 1. The molecular weight excluding hydrogens is 278 g/mol. The van der Waals surface area contributed by atoms with Gasteiger partial charge in [0.05, 0.1) is 0 Å². The quantitative estimate of drug-likeness (QED) is 0.914. The Morgan fingerprint density at radius 1 is 1.14 bits per heavy atom. The molecule has 1 aromatic rings. The summed E-state index contributed by atoms with van der Waals surface area (Å²) in [5, 5.41) is 2.88. The zero-order valence-corrected chi connectivity index (χ0v) is 13.6. The molecule has 1 N–H and O–H groups in total. The number of amides is 1. The van der Waals surface area contributed by atoms with Crippen molar-refractivity contribution in [1.82, 2.24) is 5.32 Å². The van der Waals surface area contributed by atoms with Gasteiger partial charge in [0.1, 0.15) is 17.5 Å². The summed E-state index contributed by atoms with van der Waals surface area (Å²) in [5.41, 5.74) is 0.970. The van der Waals surface area contributed by atoms with Gasteiger partial charge in [0.15, 0.2) is 0 Å². The van der Waals surface area contributed by atoms with Gasteiger partial charge in [-0.3, -0.25) is 0 Å². The highest BCUT2D eigenvalue weighted by Gasteiger charge is 2.33. The molecule has 0 unspecified atom stereocenters. The minimum absolute atomic E-state index is 0.158. The lowest BCUT2D eigenvalue weighted by Gasteiger charge is -2.36. The van der Waals surface area contributed by atoms with Crippen LogP contribution in [-0.2, 0) is 4.74 Å². The average Bonchev–Trinajstić information content (AvgIpc) is 3.19. The van der Waals surface area contributed by atoms with E-state index in [9.17, 15) is 4.79 Å². The monoisotopic (exact) mass is 303 g/mol. The minimum atomic E-state index is -0.451. The molecule has 1 aromatic carbocycles. The van der Waals surface area contributed by atoms with Gasteiger partial charge in [-0.05, 0) is 57.2 Å². The normalized spacial score (nSPS) is 24.3. The Morgan fingerprint density at radius 3 is 2.32 bits per heavy atom. The number of hydrogen-bond donors (Lipinski definition) is 1. The number of hydrogen-bond acceptors (Lipinski definition) is 3. The summed E-state index contributed by atoms with van der Waals surface area (Å²) in [6.45, 7) is 5.60. The fraction of sp³-hybridized carbons (Fsp3) is 0.611. The Balaban J connectivity index is 1.39. The lowest BCUT2D eigenvalue weighted by molar-refractivity contribution is 0.0363. The van der Waals surface area contributed by atoms with Crippen molar-refractivity contribution < 1.29 is 14.3 Å². The van der Waals surface area contributed by atoms with Crippen LogP contribution in [0, 0.1) is 0 Å². The van der Waals surface area contributed by atoms with Crippen LogP contribution in [0.15, 0.2) is 24.3 Å². The highest BCUT2D eigenvalue weighted by atomic mass is 16.6. The summed E-state index contributed by atoms with van der Waals surface area (Å²) in [6.07, 6.45) is 4.16. The summed E-state index contributed by atoms with van der Waals surface area (Å²) < 4.78 is 11.2. The van der Waals surface area contributed by atoms with Gasteiger partial charge in [-0.15, -0.1) is 0 Å². The third kappa shape index (κ3) is 4.15. The van der Waals surface area contributed by atoms with Gasteiger partial charge < -0.3 is 14.8 Å². The van der Waals surface area contributed by atoms with E-state index in [1.165, 1.54) is 18.4 Å². The van der Waals surface area contributed by atoms with Crippen molar-refractivity contribution in [1.29, 1.82) is 0 Å². The smallest absolute Gasteiger partial charge is 0.407 e.